The molecule has 0 fully saturated rings. The van der Waals surface area contributed by atoms with Gasteiger partial charge in [0.25, 0.3) is 5.91 Å². The number of carbonyl (C=O) groups is 1. The summed E-state index contributed by atoms with van der Waals surface area (Å²) in [6, 6.07) is 16.5. The van der Waals surface area contributed by atoms with E-state index in [9.17, 15) is 4.79 Å². The first kappa shape index (κ1) is 14.2. The summed E-state index contributed by atoms with van der Waals surface area (Å²) in [6.07, 6.45) is 1.87. The van der Waals surface area contributed by atoms with Gasteiger partial charge in [0, 0.05) is 16.5 Å². The van der Waals surface area contributed by atoms with Crippen molar-refractivity contribution in [3.8, 4) is 0 Å². The summed E-state index contributed by atoms with van der Waals surface area (Å²) in [7, 11) is 0. The molecule has 0 radical (unpaired) electrons. The molecule has 0 saturated heterocycles. The predicted octanol–water partition coefficient (Wildman–Crippen LogP) is 3.70. The highest BCUT2D eigenvalue weighted by atomic mass is 32.2. The molecule has 2 aromatic rings. The zero-order valence-electron chi connectivity index (χ0n) is 12.1. The molecule has 0 heterocycles. The quantitative estimate of drug-likeness (QED) is 0.872. The summed E-state index contributed by atoms with van der Waals surface area (Å²) >= 11 is 1.79. The molecule has 0 aromatic heterocycles. The van der Waals surface area contributed by atoms with Crippen LogP contribution in [0.1, 0.15) is 28.4 Å². The van der Waals surface area contributed by atoms with E-state index in [2.05, 4.69) is 36.5 Å². The van der Waals surface area contributed by atoms with Gasteiger partial charge in [0.05, 0.1) is 0 Å². The Bertz CT molecular complexity index is 611. The Hall–Kier alpha value is -1.74. The first-order valence-corrected chi connectivity index (χ1v) is 8.35. The van der Waals surface area contributed by atoms with Gasteiger partial charge in [0.15, 0.2) is 0 Å². The number of rotatable bonds is 4. The van der Waals surface area contributed by atoms with E-state index in [1.54, 1.807) is 11.8 Å². The van der Waals surface area contributed by atoms with Crippen LogP contribution < -0.4 is 5.32 Å². The van der Waals surface area contributed by atoms with Crippen molar-refractivity contribution in [2.45, 2.75) is 30.7 Å². The van der Waals surface area contributed by atoms with E-state index in [4.69, 9.17) is 0 Å². The number of benzene rings is 2. The standard InChI is InChI=1S/C18H19NOS/c1-2-21-17-9-7-13(8-10-17)18(20)19-16-11-14-5-3-4-6-15(14)12-16/h3-10,16H,2,11-12H2,1H3,(H,19,20). The second-order valence-corrected chi connectivity index (χ2v) is 6.64. The number of thioether (sulfide) groups is 1. The Morgan fingerprint density at radius 2 is 1.71 bits per heavy atom. The average Bonchev–Trinajstić information content (AvgIpc) is 2.90. The minimum absolute atomic E-state index is 0.0286. The van der Waals surface area contributed by atoms with Crippen LogP contribution in [-0.2, 0) is 12.8 Å². The highest BCUT2D eigenvalue weighted by Crippen LogP contribution is 2.22. The molecule has 0 unspecified atom stereocenters. The van der Waals surface area contributed by atoms with Gasteiger partial charge in [0.1, 0.15) is 0 Å². The van der Waals surface area contributed by atoms with Gasteiger partial charge >= 0.3 is 0 Å². The summed E-state index contributed by atoms with van der Waals surface area (Å²) in [6.45, 7) is 2.13. The van der Waals surface area contributed by atoms with Crippen molar-refractivity contribution >= 4 is 17.7 Å². The molecule has 3 rings (SSSR count). The van der Waals surface area contributed by atoms with Crippen molar-refractivity contribution in [3.05, 3.63) is 65.2 Å². The summed E-state index contributed by atoms with van der Waals surface area (Å²) in [4.78, 5) is 13.5. The van der Waals surface area contributed by atoms with Crippen LogP contribution in [0.3, 0.4) is 0 Å². The number of amides is 1. The Morgan fingerprint density at radius 3 is 2.29 bits per heavy atom. The van der Waals surface area contributed by atoms with Crippen LogP contribution in [-0.4, -0.2) is 17.7 Å². The SMILES string of the molecule is CCSc1ccc(C(=O)NC2Cc3ccccc3C2)cc1. The lowest BCUT2D eigenvalue weighted by atomic mass is 10.1. The fourth-order valence-corrected chi connectivity index (χ4v) is 3.46. The number of carbonyl (C=O) groups excluding carboxylic acids is 1. The summed E-state index contributed by atoms with van der Waals surface area (Å²) in [5.41, 5.74) is 3.46. The number of hydrogen-bond donors (Lipinski definition) is 1. The predicted molar refractivity (Wildman–Crippen MR) is 87.9 cm³/mol. The van der Waals surface area contributed by atoms with Gasteiger partial charge in [-0.3, -0.25) is 4.79 Å². The van der Waals surface area contributed by atoms with Crippen LogP contribution in [0, 0.1) is 0 Å². The summed E-state index contributed by atoms with van der Waals surface area (Å²) in [5, 5.41) is 3.15. The average molecular weight is 297 g/mol. The lowest BCUT2D eigenvalue weighted by Crippen LogP contribution is -2.35. The van der Waals surface area contributed by atoms with Gasteiger partial charge in [-0.15, -0.1) is 11.8 Å². The monoisotopic (exact) mass is 297 g/mol. The normalized spacial score (nSPS) is 14.0. The molecule has 0 spiro atoms. The van der Waals surface area contributed by atoms with E-state index in [-0.39, 0.29) is 11.9 Å². The molecular formula is C18H19NOS. The zero-order chi connectivity index (χ0) is 14.7. The molecule has 2 aromatic carbocycles. The molecule has 1 amide bonds. The molecule has 0 atom stereocenters. The Labute approximate surface area is 130 Å². The van der Waals surface area contributed by atoms with E-state index >= 15 is 0 Å². The third kappa shape index (κ3) is 3.30. The van der Waals surface area contributed by atoms with E-state index < -0.39 is 0 Å². The maximum Gasteiger partial charge on any atom is 0.251 e. The first-order chi connectivity index (χ1) is 10.3. The van der Waals surface area contributed by atoms with Crippen molar-refractivity contribution < 1.29 is 4.79 Å². The van der Waals surface area contributed by atoms with E-state index in [0.29, 0.717) is 0 Å². The fourth-order valence-electron chi connectivity index (χ4n) is 2.80. The third-order valence-electron chi connectivity index (χ3n) is 3.81. The van der Waals surface area contributed by atoms with E-state index in [1.807, 2.05) is 24.3 Å². The van der Waals surface area contributed by atoms with E-state index in [0.717, 1.165) is 24.2 Å². The van der Waals surface area contributed by atoms with Gasteiger partial charge in [-0.2, -0.15) is 0 Å². The number of hydrogen-bond acceptors (Lipinski definition) is 2. The highest BCUT2D eigenvalue weighted by Gasteiger charge is 2.22. The second kappa shape index (κ2) is 6.35. The molecule has 1 aliphatic carbocycles. The fraction of sp³-hybridized carbons (Fsp3) is 0.278. The highest BCUT2D eigenvalue weighted by molar-refractivity contribution is 7.99. The van der Waals surface area contributed by atoms with Gasteiger partial charge in [-0.25, -0.2) is 0 Å². The van der Waals surface area contributed by atoms with Crippen LogP contribution in [0.2, 0.25) is 0 Å². The summed E-state index contributed by atoms with van der Waals surface area (Å²) < 4.78 is 0. The molecule has 0 saturated carbocycles. The third-order valence-corrected chi connectivity index (χ3v) is 4.71. The Kier molecular flexibility index (Phi) is 4.30. The minimum Gasteiger partial charge on any atom is -0.349 e. The van der Waals surface area contributed by atoms with E-state index in [1.165, 1.54) is 16.0 Å². The lowest BCUT2D eigenvalue weighted by Gasteiger charge is -2.12. The van der Waals surface area contributed by atoms with Crippen LogP contribution in [0.4, 0.5) is 0 Å². The molecule has 1 N–H and O–H groups in total. The van der Waals surface area contributed by atoms with Gasteiger partial charge in [-0.05, 0) is 54.0 Å². The van der Waals surface area contributed by atoms with Gasteiger partial charge < -0.3 is 5.32 Å². The van der Waals surface area contributed by atoms with Crippen LogP contribution >= 0.6 is 11.8 Å². The van der Waals surface area contributed by atoms with Crippen molar-refractivity contribution in [1.82, 2.24) is 5.32 Å². The largest absolute Gasteiger partial charge is 0.349 e. The lowest BCUT2D eigenvalue weighted by molar-refractivity contribution is 0.0938. The van der Waals surface area contributed by atoms with Crippen molar-refractivity contribution in [2.75, 3.05) is 5.75 Å². The molecule has 1 aliphatic rings. The van der Waals surface area contributed by atoms with Crippen LogP contribution in [0.25, 0.3) is 0 Å². The van der Waals surface area contributed by atoms with Crippen molar-refractivity contribution in [1.29, 1.82) is 0 Å². The molecule has 0 aliphatic heterocycles. The van der Waals surface area contributed by atoms with Crippen LogP contribution in [0.15, 0.2) is 53.4 Å². The molecule has 108 valence electrons. The molecular weight excluding hydrogens is 278 g/mol. The Balaban J connectivity index is 1.62. The van der Waals surface area contributed by atoms with Gasteiger partial charge in [-0.1, -0.05) is 31.2 Å². The molecule has 2 nitrogen and oxygen atoms in total. The second-order valence-electron chi connectivity index (χ2n) is 5.30. The smallest absolute Gasteiger partial charge is 0.251 e. The molecule has 21 heavy (non-hydrogen) atoms. The topological polar surface area (TPSA) is 29.1 Å². The first-order valence-electron chi connectivity index (χ1n) is 7.37. The maximum absolute atomic E-state index is 12.3. The van der Waals surface area contributed by atoms with Crippen molar-refractivity contribution in [3.63, 3.8) is 0 Å². The summed E-state index contributed by atoms with van der Waals surface area (Å²) in [5.74, 6) is 1.08. The number of nitrogens with one attached hydrogen (secondary N) is 1. The zero-order valence-corrected chi connectivity index (χ0v) is 13.0. The maximum atomic E-state index is 12.3. The van der Waals surface area contributed by atoms with Gasteiger partial charge in [0.2, 0.25) is 0 Å². The number of fused-ring (bicyclic) bond motifs is 1. The minimum atomic E-state index is 0.0286. The van der Waals surface area contributed by atoms with Crippen LogP contribution in [0.5, 0.6) is 0 Å². The van der Waals surface area contributed by atoms with Crippen molar-refractivity contribution in [2.24, 2.45) is 0 Å². The molecule has 3 heteroatoms. The molecule has 0 bridgehead atoms. The Morgan fingerprint density at radius 1 is 1.10 bits per heavy atom.